The third-order valence-corrected chi connectivity index (χ3v) is 6.65. The number of benzene rings is 2. The highest BCUT2D eigenvalue weighted by atomic mass is 79.9. The molecule has 168 valence electrons. The molecule has 1 fully saturated rings. The molecule has 1 saturated heterocycles. The molecule has 0 atom stereocenters. The second-order valence-electron chi connectivity index (χ2n) is 8.11. The number of carbonyl (C=O) groups is 1. The van der Waals surface area contributed by atoms with Gasteiger partial charge in [-0.3, -0.25) is 9.69 Å². The first-order valence-electron chi connectivity index (χ1n) is 11.0. The number of carbonyl (C=O) groups excluding carboxylic acids is 1. The zero-order chi connectivity index (χ0) is 22.8. The first-order chi connectivity index (χ1) is 16.1. The van der Waals surface area contributed by atoms with Crippen LogP contribution in [-0.2, 0) is 6.54 Å². The molecule has 5 rings (SSSR count). The standard InChI is InChI=1S/C26H25BrN4O2/c1-33-23-7-3-2-6-21(23)26(32)30-16-14-29(15-17-30)18-22-25(19-9-11-20(27)12-10-19)28-24-8-4-5-13-31(22)24/h2-13H,14-18H2,1H3. The highest BCUT2D eigenvalue weighted by Gasteiger charge is 2.25. The molecule has 4 aromatic rings. The molecule has 0 saturated carbocycles. The molecule has 3 heterocycles. The van der Waals surface area contributed by atoms with Gasteiger partial charge >= 0.3 is 0 Å². The van der Waals surface area contributed by atoms with Crippen LogP contribution in [0.1, 0.15) is 16.1 Å². The molecule has 1 aliphatic heterocycles. The maximum atomic E-state index is 13.1. The molecule has 0 N–H and O–H groups in total. The third-order valence-electron chi connectivity index (χ3n) is 6.12. The Morgan fingerprint density at radius 2 is 1.70 bits per heavy atom. The van der Waals surface area contributed by atoms with Crippen LogP contribution in [0.4, 0.5) is 0 Å². The van der Waals surface area contributed by atoms with Gasteiger partial charge in [0, 0.05) is 49.0 Å². The van der Waals surface area contributed by atoms with Crippen LogP contribution in [0.15, 0.2) is 77.4 Å². The number of piperazine rings is 1. The van der Waals surface area contributed by atoms with Crippen molar-refractivity contribution in [3.8, 4) is 17.0 Å². The number of para-hydroxylation sites is 1. The number of hydrogen-bond acceptors (Lipinski definition) is 4. The number of halogens is 1. The van der Waals surface area contributed by atoms with Gasteiger partial charge in [-0.2, -0.15) is 0 Å². The number of methoxy groups -OCH3 is 1. The number of fused-ring (bicyclic) bond motifs is 1. The minimum Gasteiger partial charge on any atom is -0.496 e. The number of pyridine rings is 1. The number of imidazole rings is 1. The minimum atomic E-state index is 0.0254. The Kier molecular flexibility index (Phi) is 6.15. The smallest absolute Gasteiger partial charge is 0.257 e. The van der Waals surface area contributed by atoms with Crippen molar-refractivity contribution in [2.75, 3.05) is 33.3 Å². The summed E-state index contributed by atoms with van der Waals surface area (Å²) in [5.74, 6) is 0.646. The zero-order valence-electron chi connectivity index (χ0n) is 18.4. The second-order valence-corrected chi connectivity index (χ2v) is 9.03. The third kappa shape index (κ3) is 4.38. The molecule has 0 bridgehead atoms. The lowest BCUT2D eigenvalue weighted by molar-refractivity contribution is 0.0623. The molecule has 1 aliphatic rings. The monoisotopic (exact) mass is 504 g/mol. The van der Waals surface area contributed by atoms with E-state index in [1.54, 1.807) is 7.11 Å². The molecule has 0 radical (unpaired) electrons. The van der Waals surface area contributed by atoms with E-state index in [1.807, 2.05) is 59.5 Å². The van der Waals surface area contributed by atoms with E-state index >= 15 is 0 Å². The van der Waals surface area contributed by atoms with Crippen molar-refractivity contribution in [2.24, 2.45) is 0 Å². The Labute approximate surface area is 201 Å². The number of nitrogens with zero attached hydrogens (tertiary/aromatic N) is 4. The summed E-state index contributed by atoms with van der Waals surface area (Å²) in [7, 11) is 1.60. The van der Waals surface area contributed by atoms with Gasteiger partial charge in [0.15, 0.2) is 0 Å². The van der Waals surface area contributed by atoms with Gasteiger partial charge in [0.05, 0.1) is 24.1 Å². The van der Waals surface area contributed by atoms with Crippen LogP contribution < -0.4 is 4.74 Å². The van der Waals surface area contributed by atoms with E-state index in [-0.39, 0.29) is 5.91 Å². The number of ether oxygens (including phenoxy) is 1. The van der Waals surface area contributed by atoms with Crippen LogP contribution in [-0.4, -0.2) is 58.4 Å². The van der Waals surface area contributed by atoms with Crippen LogP contribution in [0.2, 0.25) is 0 Å². The van der Waals surface area contributed by atoms with Gasteiger partial charge in [-0.25, -0.2) is 4.98 Å². The molecule has 1 amide bonds. The molecular weight excluding hydrogens is 480 g/mol. The highest BCUT2D eigenvalue weighted by Crippen LogP contribution is 2.28. The predicted octanol–water partition coefficient (Wildman–Crippen LogP) is 4.73. The van der Waals surface area contributed by atoms with E-state index in [9.17, 15) is 4.79 Å². The van der Waals surface area contributed by atoms with Gasteiger partial charge in [0.2, 0.25) is 0 Å². The van der Waals surface area contributed by atoms with Crippen LogP contribution in [0.3, 0.4) is 0 Å². The van der Waals surface area contributed by atoms with Gasteiger partial charge in [-0.15, -0.1) is 0 Å². The minimum absolute atomic E-state index is 0.0254. The van der Waals surface area contributed by atoms with Gasteiger partial charge in [-0.05, 0) is 36.4 Å². The largest absolute Gasteiger partial charge is 0.496 e. The topological polar surface area (TPSA) is 50.1 Å². The Balaban J connectivity index is 1.35. The predicted molar refractivity (Wildman–Crippen MR) is 133 cm³/mol. The summed E-state index contributed by atoms with van der Waals surface area (Å²) in [4.78, 5) is 22.3. The lowest BCUT2D eigenvalue weighted by Crippen LogP contribution is -2.48. The number of aromatic nitrogens is 2. The number of amides is 1. The Bertz CT molecular complexity index is 1280. The summed E-state index contributed by atoms with van der Waals surface area (Å²) in [5.41, 5.74) is 4.82. The quantitative estimate of drug-likeness (QED) is 0.394. The molecule has 2 aromatic carbocycles. The van der Waals surface area contributed by atoms with Gasteiger partial charge in [0.25, 0.3) is 5.91 Å². The van der Waals surface area contributed by atoms with Gasteiger partial charge in [-0.1, -0.05) is 46.3 Å². The van der Waals surface area contributed by atoms with Crippen LogP contribution in [0, 0.1) is 0 Å². The number of rotatable bonds is 5. The summed E-state index contributed by atoms with van der Waals surface area (Å²) >= 11 is 3.52. The van der Waals surface area contributed by atoms with E-state index in [4.69, 9.17) is 9.72 Å². The average Bonchev–Trinajstić information content (AvgIpc) is 3.23. The second kappa shape index (κ2) is 9.37. The van der Waals surface area contributed by atoms with Crippen molar-refractivity contribution in [1.82, 2.24) is 19.2 Å². The van der Waals surface area contributed by atoms with E-state index in [2.05, 4.69) is 43.6 Å². The molecule has 0 unspecified atom stereocenters. The molecule has 6 nitrogen and oxygen atoms in total. The maximum absolute atomic E-state index is 13.1. The number of hydrogen-bond donors (Lipinski definition) is 0. The molecule has 2 aromatic heterocycles. The lowest BCUT2D eigenvalue weighted by Gasteiger charge is -2.35. The van der Waals surface area contributed by atoms with Crippen LogP contribution in [0.25, 0.3) is 16.9 Å². The maximum Gasteiger partial charge on any atom is 0.257 e. The summed E-state index contributed by atoms with van der Waals surface area (Å²) < 4.78 is 8.60. The molecule has 0 aliphatic carbocycles. The van der Waals surface area contributed by atoms with Crippen molar-refractivity contribution >= 4 is 27.5 Å². The molecular formula is C26H25BrN4O2. The Morgan fingerprint density at radius 3 is 2.45 bits per heavy atom. The van der Waals surface area contributed by atoms with E-state index in [1.165, 1.54) is 0 Å². The zero-order valence-corrected chi connectivity index (χ0v) is 20.0. The summed E-state index contributed by atoms with van der Waals surface area (Å²) in [5, 5.41) is 0. The van der Waals surface area contributed by atoms with E-state index < -0.39 is 0 Å². The van der Waals surface area contributed by atoms with Crippen LogP contribution >= 0.6 is 15.9 Å². The van der Waals surface area contributed by atoms with Crippen molar-refractivity contribution in [1.29, 1.82) is 0 Å². The Morgan fingerprint density at radius 1 is 0.970 bits per heavy atom. The normalized spacial score (nSPS) is 14.5. The first kappa shape index (κ1) is 21.7. The fourth-order valence-electron chi connectivity index (χ4n) is 4.35. The average molecular weight is 505 g/mol. The fraction of sp³-hybridized carbons (Fsp3) is 0.231. The summed E-state index contributed by atoms with van der Waals surface area (Å²) in [6.07, 6.45) is 2.07. The molecule has 7 heteroatoms. The van der Waals surface area contributed by atoms with Crippen molar-refractivity contribution in [3.05, 3.63) is 88.7 Å². The molecule has 0 spiro atoms. The summed E-state index contributed by atoms with van der Waals surface area (Å²) in [6.45, 7) is 3.75. The van der Waals surface area contributed by atoms with Gasteiger partial charge in [0.1, 0.15) is 11.4 Å². The Hall–Kier alpha value is -3.16. The van der Waals surface area contributed by atoms with Crippen molar-refractivity contribution < 1.29 is 9.53 Å². The highest BCUT2D eigenvalue weighted by molar-refractivity contribution is 9.10. The fourth-order valence-corrected chi connectivity index (χ4v) is 4.61. The van der Waals surface area contributed by atoms with Crippen molar-refractivity contribution in [3.63, 3.8) is 0 Å². The van der Waals surface area contributed by atoms with Gasteiger partial charge < -0.3 is 14.0 Å². The molecule has 33 heavy (non-hydrogen) atoms. The van der Waals surface area contributed by atoms with Crippen LogP contribution in [0.5, 0.6) is 5.75 Å². The lowest BCUT2D eigenvalue weighted by atomic mass is 10.1. The first-order valence-corrected chi connectivity index (χ1v) is 11.8. The SMILES string of the molecule is COc1ccccc1C(=O)N1CCN(Cc2c(-c3ccc(Br)cc3)nc3ccccn23)CC1. The van der Waals surface area contributed by atoms with Crippen molar-refractivity contribution in [2.45, 2.75) is 6.54 Å². The van der Waals surface area contributed by atoms with E-state index in [0.29, 0.717) is 24.4 Å². The summed E-state index contributed by atoms with van der Waals surface area (Å²) in [6, 6.07) is 21.8. The van der Waals surface area contributed by atoms with E-state index in [0.717, 1.165) is 46.7 Å².